The van der Waals surface area contributed by atoms with Crippen molar-refractivity contribution in [2.45, 2.75) is 63.2 Å². The molecule has 178 valence electrons. The first-order chi connectivity index (χ1) is 15.9. The number of nitrogens with one attached hydrogen (secondary N) is 1. The summed E-state index contributed by atoms with van der Waals surface area (Å²) in [4.78, 5) is 27.0. The van der Waals surface area contributed by atoms with Gasteiger partial charge in [-0.1, -0.05) is 12.8 Å². The first kappa shape index (κ1) is 23.9. The summed E-state index contributed by atoms with van der Waals surface area (Å²) in [6, 6.07) is 6.01. The van der Waals surface area contributed by atoms with Gasteiger partial charge in [0.25, 0.3) is 5.91 Å². The van der Waals surface area contributed by atoms with Gasteiger partial charge in [-0.3, -0.25) is 4.79 Å². The lowest BCUT2D eigenvalue weighted by Gasteiger charge is -2.25. The Morgan fingerprint density at radius 3 is 2.36 bits per heavy atom. The number of amides is 1. The fraction of sp³-hybridized carbons (Fsp3) is 0.500. The summed E-state index contributed by atoms with van der Waals surface area (Å²) in [6.45, 7) is 3.10. The van der Waals surface area contributed by atoms with Crippen molar-refractivity contribution in [3.8, 4) is 0 Å². The second-order valence-corrected chi connectivity index (χ2v) is 11.5. The quantitative estimate of drug-likeness (QED) is 0.471. The summed E-state index contributed by atoms with van der Waals surface area (Å²) in [5, 5.41) is 3.39. The molecule has 2 heterocycles. The number of rotatable bonds is 6. The molecule has 1 fully saturated rings. The van der Waals surface area contributed by atoms with Crippen LogP contribution in [0.3, 0.4) is 0 Å². The third kappa shape index (κ3) is 5.15. The molecule has 0 saturated carbocycles. The smallest absolute Gasteiger partial charge is 0.341 e. The first-order valence-electron chi connectivity index (χ1n) is 11.6. The molecule has 2 aromatic rings. The van der Waals surface area contributed by atoms with Crippen molar-refractivity contribution in [2.75, 3.05) is 25.0 Å². The average Bonchev–Trinajstić information content (AvgIpc) is 3.00. The van der Waals surface area contributed by atoms with Gasteiger partial charge >= 0.3 is 5.97 Å². The molecule has 1 saturated heterocycles. The van der Waals surface area contributed by atoms with Gasteiger partial charge in [0.1, 0.15) is 5.00 Å². The molecule has 1 amide bonds. The number of benzene rings is 1. The van der Waals surface area contributed by atoms with E-state index < -0.39 is 16.0 Å². The van der Waals surface area contributed by atoms with Gasteiger partial charge in [0.2, 0.25) is 10.0 Å². The summed E-state index contributed by atoms with van der Waals surface area (Å²) in [5.74, 6) is -0.783. The number of piperidine rings is 1. The number of carbonyl (C=O) groups is 2. The molecule has 1 aromatic heterocycles. The number of carbonyl (C=O) groups excluding carboxylic acids is 2. The van der Waals surface area contributed by atoms with E-state index >= 15 is 0 Å². The van der Waals surface area contributed by atoms with Crippen molar-refractivity contribution in [2.24, 2.45) is 0 Å². The summed E-state index contributed by atoms with van der Waals surface area (Å²) >= 11 is 1.44. The second kappa shape index (κ2) is 10.4. The molecule has 1 N–H and O–H groups in total. The van der Waals surface area contributed by atoms with E-state index in [1.165, 1.54) is 39.9 Å². The highest BCUT2D eigenvalue weighted by molar-refractivity contribution is 7.89. The van der Waals surface area contributed by atoms with Crippen LogP contribution in [-0.4, -0.2) is 44.3 Å². The van der Waals surface area contributed by atoms with Crippen molar-refractivity contribution in [3.05, 3.63) is 45.8 Å². The predicted octanol–water partition coefficient (Wildman–Crippen LogP) is 4.62. The van der Waals surface area contributed by atoms with Crippen molar-refractivity contribution in [1.82, 2.24) is 4.31 Å². The average molecular weight is 491 g/mol. The molecule has 33 heavy (non-hydrogen) atoms. The van der Waals surface area contributed by atoms with Crippen molar-refractivity contribution < 1.29 is 22.7 Å². The van der Waals surface area contributed by atoms with Gasteiger partial charge in [-0.05, 0) is 75.3 Å². The fourth-order valence-corrected chi connectivity index (χ4v) is 7.25. The maximum atomic E-state index is 13.0. The van der Waals surface area contributed by atoms with Gasteiger partial charge in [0, 0.05) is 23.5 Å². The standard InChI is InChI=1S/C24H30N2O5S2/c1-2-31-24(28)21-19-9-5-3-6-10-20(19)32-23(21)25-22(27)17-11-13-18(14-12-17)33(29,30)26-15-7-4-8-16-26/h11-14H,2-10,15-16H2,1H3,(H,25,27). The van der Waals surface area contributed by atoms with E-state index in [1.807, 2.05) is 0 Å². The molecular formula is C24H30N2O5S2. The Labute approximate surface area is 199 Å². The topological polar surface area (TPSA) is 92.8 Å². The van der Waals surface area contributed by atoms with Crippen molar-refractivity contribution in [1.29, 1.82) is 0 Å². The Balaban J connectivity index is 1.55. The molecule has 0 atom stereocenters. The number of ether oxygens (including phenoxy) is 1. The van der Waals surface area contributed by atoms with Crippen LogP contribution in [0.25, 0.3) is 0 Å². The highest BCUT2D eigenvalue weighted by Gasteiger charge is 2.28. The monoisotopic (exact) mass is 490 g/mol. The van der Waals surface area contributed by atoms with Crippen LogP contribution in [0.4, 0.5) is 5.00 Å². The van der Waals surface area contributed by atoms with E-state index in [2.05, 4.69) is 5.32 Å². The molecule has 2 aliphatic rings. The zero-order valence-corrected chi connectivity index (χ0v) is 20.5. The molecule has 1 aliphatic carbocycles. The SMILES string of the molecule is CCOC(=O)c1c(NC(=O)c2ccc(S(=O)(=O)N3CCCCC3)cc2)sc2c1CCCCC2. The van der Waals surface area contributed by atoms with Crippen LogP contribution in [0, 0.1) is 0 Å². The highest BCUT2D eigenvalue weighted by atomic mass is 32.2. The largest absolute Gasteiger partial charge is 0.462 e. The second-order valence-electron chi connectivity index (χ2n) is 8.43. The lowest BCUT2D eigenvalue weighted by atomic mass is 10.1. The lowest BCUT2D eigenvalue weighted by Crippen LogP contribution is -2.35. The molecule has 0 spiro atoms. The van der Waals surface area contributed by atoms with Gasteiger partial charge in [0.15, 0.2) is 0 Å². The minimum atomic E-state index is -3.55. The number of fused-ring (bicyclic) bond motifs is 1. The summed E-state index contributed by atoms with van der Waals surface area (Å²) in [6.07, 6.45) is 7.68. The Bertz CT molecular complexity index is 1120. The van der Waals surface area contributed by atoms with E-state index in [4.69, 9.17) is 4.74 Å². The maximum Gasteiger partial charge on any atom is 0.341 e. The van der Waals surface area contributed by atoms with Gasteiger partial charge < -0.3 is 10.1 Å². The third-order valence-corrected chi connectivity index (χ3v) is 9.32. The van der Waals surface area contributed by atoms with Crippen LogP contribution in [0.2, 0.25) is 0 Å². The van der Waals surface area contributed by atoms with Gasteiger partial charge in [-0.2, -0.15) is 4.31 Å². The number of thiophene rings is 1. The van der Waals surface area contributed by atoms with E-state index in [0.717, 1.165) is 61.8 Å². The lowest BCUT2D eigenvalue weighted by molar-refractivity contribution is 0.0527. The Morgan fingerprint density at radius 1 is 1.00 bits per heavy atom. The Hall–Kier alpha value is -2.23. The first-order valence-corrected chi connectivity index (χ1v) is 13.9. The number of anilines is 1. The van der Waals surface area contributed by atoms with Crippen LogP contribution < -0.4 is 5.32 Å². The highest BCUT2D eigenvalue weighted by Crippen LogP contribution is 2.38. The zero-order valence-electron chi connectivity index (χ0n) is 18.9. The van der Waals surface area contributed by atoms with Crippen LogP contribution in [0.15, 0.2) is 29.2 Å². The normalized spacial score (nSPS) is 17.1. The fourth-order valence-electron chi connectivity index (χ4n) is 4.46. The van der Waals surface area contributed by atoms with E-state index in [1.54, 1.807) is 6.92 Å². The molecule has 1 aromatic carbocycles. The minimum absolute atomic E-state index is 0.191. The van der Waals surface area contributed by atoms with Crippen LogP contribution in [-0.2, 0) is 27.6 Å². The molecule has 0 radical (unpaired) electrons. The third-order valence-electron chi connectivity index (χ3n) is 6.20. The van der Waals surface area contributed by atoms with E-state index in [9.17, 15) is 18.0 Å². The Morgan fingerprint density at radius 2 is 1.67 bits per heavy atom. The summed E-state index contributed by atoms with van der Waals surface area (Å²) in [7, 11) is -3.55. The predicted molar refractivity (Wildman–Crippen MR) is 129 cm³/mol. The molecule has 1 aliphatic heterocycles. The maximum absolute atomic E-state index is 13.0. The summed E-state index contributed by atoms with van der Waals surface area (Å²) < 4.78 is 32.5. The van der Waals surface area contributed by atoms with Gasteiger partial charge in [0.05, 0.1) is 17.1 Å². The number of hydrogen-bond acceptors (Lipinski definition) is 6. The zero-order chi connectivity index (χ0) is 23.4. The van der Waals surface area contributed by atoms with Crippen LogP contribution in [0.1, 0.15) is 76.6 Å². The molecular weight excluding hydrogens is 460 g/mol. The van der Waals surface area contributed by atoms with E-state index in [-0.39, 0.29) is 17.4 Å². The summed E-state index contributed by atoms with van der Waals surface area (Å²) in [5.41, 5.74) is 1.80. The van der Waals surface area contributed by atoms with Crippen molar-refractivity contribution >= 4 is 38.2 Å². The number of nitrogens with zero attached hydrogens (tertiary/aromatic N) is 1. The number of esters is 1. The van der Waals surface area contributed by atoms with E-state index in [0.29, 0.717) is 29.2 Å². The number of aryl methyl sites for hydroxylation is 1. The number of sulfonamides is 1. The van der Waals surface area contributed by atoms with Crippen molar-refractivity contribution in [3.63, 3.8) is 0 Å². The van der Waals surface area contributed by atoms with Crippen LogP contribution >= 0.6 is 11.3 Å². The molecule has 4 rings (SSSR count). The molecule has 9 heteroatoms. The Kier molecular flexibility index (Phi) is 7.51. The van der Waals surface area contributed by atoms with Gasteiger partial charge in [-0.25, -0.2) is 13.2 Å². The molecule has 0 bridgehead atoms. The van der Waals surface area contributed by atoms with Crippen LogP contribution in [0.5, 0.6) is 0 Å². The minimum Gasteiger partial charge on any atom is -0.462 e. The molecule has 7 nitrogen and oxygen atoms in total. The molecule has 0 unspecified atom stereocenters. The number of hydrogen-bond donors (Lipinski definition) is 1. The van der Waals surface area contributed by atoms with Gasteiger partial charge in [-0.15, -0.1) is 11.3 Å².